The van der Waals surface area contributed by atoms with Crippen LogP contribution in [0.25, 0.3) is 11.0 Å². The number of amides is 1. The second-order valence-corrected chi connectivity index (χ2v) is 6.39. The fraction of sp³-hybridized carbons (Fsp3) is 0.588. The molecule has 0 radical (unpaired) electrons. The van der Waals surface area contributed by atoms with Crippen molar-refractivity contribution in [1.82, 2.24) is 25.4 Å². The Balaban J connectivity index is 1.93. The predicted octanol–water partition coefficient (Wildman–Crippen LogP) is 2.19. The van der Waals surface area contributed by atoms with Crippen LogP contribution in [-0.2, 0) is 0 Å². The van der Waals surface area contributed by atoms with E-state index in [0.29, 0.717) is 5.56 Å². The molecule has 0 saturated carbocycles. The molecular formula is C17H25N5O. The van der Waals surface area contributed by atoms with Gasteiger partial charge in [-0.05, 0) is 52.3 Å². The molecule has 3 rings (SSSR count). The summed E-state index contributed by atoms with van der Waals surface area (Å²) in [5, 5.41) is 11.8. The molecule has 23 heavy (non-hydrogen) atoms. The highest BCUT2D eigenvalue weighted by Crippen LogP contribution is 2.22. The molecule has 0 aromatic carbocycles. The van der Waals surface area contributed by atoms with E-state index in [0.717, 1.165) is 49.1 Å². The fourth-order valence-electron chi connectivity index (χ4n) is 3.06. The largest absolute Gasteiger partial charge is 0.349 e. The van der Waals surface area contributed by atoms with Crippen LogP contribution in [0.4, 0.5) is 0 Å². The highest BCUT2D eigenvalue weighted by molar-refractivity contribution is 6.05. The van der Waals surface area contributed by atoms with Crippen molar-refractivity contribution in [1.29, 1.82) is 0 Å². The van der Waals surface area contributed by atoms with Crippen LogP contribution < -0.4 is 10.6 Å². The lowest BCUT2D eigenvalue weighted by Gasteiger charge is -2.23. The SMILES string of the molecule is CCC(C)n1ncc2c(C(=O)NC3CCNCC3)cc(C)nc21. The molecule has 0 bridgehead atoms. The molecule has 1 aliphatic rings. The van der Waals surface area contributed by atoms with Crippen LogP contribution in [-0.4, -0.2) is 39.8 Å². The van der Waals surface area contributed by atoms with Crippen molar-refractivity contribution in [2.24, 2.45) is 0 Å². The smallest absolute Gasteiger partial charge is 0.252 e. The number of pyridine rings is 1. The molecule has 6 nitrogen and oxygen atoms in total. The van der Waals surface area contributed by atoms with E-state index < -0.39 is 0 Å². The Kier molecular flexibility index (Phi) is 4.61. The Hall–Kier alpha value is -1.95. The zero-order valence-corrected chi connectivity index (χ0v) is 14.1. The molecular weight excluding hydrogens is 290 g/mol. The van der Waals surface area contributed by atoms with Crippen LogP contribution in [0.5, 0.6) is 0 Å². The fourth-order valence-corrected chi connectivity index (χ4v) is 3.06. The second-order valence-electron chi connectivity index (χ2n) is 6.39. The summed E-state index contributed by atoms with van der Waals surface area (Å²) in [6.45, 7) is 8.09. The van der Waals surface area contributed by atoms with Gasteiger partial charge in [-0.15, -0.1) is 0 Å². The molecule has 1 saturated heterocycles. The van der Waals surface area contributed by atoms with Gasteiger partial charge in [0.25, 0.3) is 5.91 Å². The Bertz CT molecular complexity index is 702. The first-order valence-electron chi connectivity index (χ1n) is 8.46. The van der Waals surface area contributed by atoms with Gasteiger partial charge in [-0.1, -0.05) is 6.92 Å². The molecule has 3 heterocycles. The van der Waals surface area contributed by atoms with Crippen LogP contribution in [0.3, 0.4) is 0 Å². The molecule has 0 spiro atoms. The van der Waals surface area contributed by atoms with Gasteiger partial charge in [0.05, 0.1) is 23.2 Å². The average molecular weight is 315 g/mol. The van der Waals surface area contributed by atoms with Gasteiger partial charge in [0.2, 0.25) is 0 Å². The molecule has 1 unspecified atom stereocenters. The summed E-state index contributed by atoms with van der Waals surface area (Å²) in [6.07, 6.45) is 4.70. The number of aromatic nitrogens is 3. The predicted molar refractivity (Wildman–Crippen MR) is 90.6 cm³/mol. The third-order valence-electron chi connectivity index (χ3n) is 4.62. The van der Waals surface area contributed by atoms with E-state index in [9.17, 15) is 4.79 Å². The minimum absolute atomic E-state index is 0.0175. The highest BCUT2D eigenvalue weighted by Gasteiger charge is 2.21. The van der Waals surface area contributed by atoms with E-state index >= 15 is 0 Å². The van der Waals surface area contributed by atoms with Gasteiger partial charge < -0.3 is 10.6 Å². The van der Waals surface area contributed by atoms with E-state index in [2.05, 4.69) is 34.6 Å². The molecule has 2 aromatic heterocycles. The molecule has 124 valence electrons. The maximum Gasteiger partial charge on any atom is 0.252 e. The van der Waals surface area contributed by atoms with Crippen LogP contribution in [0.15, 0.2) is 12.3 Å². The van der Waals surface area contributed by atoms with Gasteiger partial charge in [0.1, 0.15) is 0 Å². The standard InChI is InChI=1S/C17H25N5O/c1-4-12(3)22-16-15(10-19-22)14(9-11(2)20-16)17(23)21-13-5-7-18-8-6-13/h9-10,12-13,18H,4-8H2,1-3H3,(H,21,23). The normalized spacial score (nSPS) is 17.3. The number of aryl methyl sites for hydroxylation is 1. The lowest BCUT2D eigenvalue weighted by Crippen LogP contribution is -2.42. The first-order valence-corrected chi connectivity index (χ1v) is 8.46. The summed E-state index contributed by atoms with van der Waals surface area (Å²) in [4.78, 5) is 17.3. The van der Waals surface area contributed by atoms with E-state index in [1.807, 2.05) is 17.7 Å². The summed E-state index contributed by atoms with van der Waals surface area (Å²) in [5.41, 5.74) is 2.33. The molecule has 1 aliphatic heterocycles. The third-order valence-corrected chi connectivity index (χ3v) is 4.62. The lowest BCUT2D eigenvalue weighted by molar-refractivity contribution is 0.0931. The molecule has 0 aliphatic carbocycles. The minimum atomic E-state index is -0.0175. The number of carbonyl (C=O) groups excluding carboxylic acids is 1. The van der Waals surface area contributed by atoms with Crippen molar-refractivity contribution in [3.05, 3.63) is 23.5 Å². The lowest BCUT2D eigenvalue weighted by atomic mass is 10.1. The zero-order chi connectivity index (χ0) is 16.4. The van der Waals surface area contributed by atoms with Gasteiger partial charge in [-0.25, -0.2) is 9.67 Å². The van der Waals surface area contributed by atoms with E-state index in [1.165, 1.54) is 0 Å². The number of piperidine rings is 1. The van der Waals surface area contributed by atoms with Gasteiger partial charge in [0.15, 0.2) is 5.65 Å². The molecule has 1 fully saturated rings. The van der Waals surface area contributed by atoms with Crippen molar-refractivity contribution < 1.29 is 4.79 Å². The quantitative estimate of drug-likeness (QED) is 0.907. The average Bonchev–Trinajstić information content (AvgIpc) is 2.97. The Labute approximate surface area is 136 Å². The minimum Gasteiger partial charge on any atom is -0.349 e. The number of hydrogen-bond acceptors (Lipinski definition) is 4. The number of rotatable bonds is 4. The van der Waals surface area contributed by atoms with Crippen molar-refractivity contribution in [3.8, 4) is 0 Å². The number of carbonyl (C=O) groups is 1. The maximum absolute atomic E-state index is 12.7. The maximum atomic E-state index is 12.7. The topological polar surface area (TPSA) is 71.8 Å². The summed E-state index contributed by atoms with van der Waals surface area (Å²) in [5.74, 6) is -0.0175. The number of nitrogens with zero attached hydrogens (tertiary/aromatic N) is 3. The number of hydrogen-bond donors (Lipinski definition) is 2. The molecule has 6 heteroatoms. The first kappa shape index (κ1) is 15.9. The van der Waals surface area contributed by atoms with Gasteiger partial charge in [-0.2, -0.15) is 5.10 Å². The summed E-state index contributed by atoms with van der Waals surface area (Å²) < 4.78 is 1.92. The van der Waals surface area contributed by atoms with E-state index in [4.69, 9.17) is 0 Å². The van der Waals surface area contributed by atoms with Crippen LogP contribution in [0, 0.1) is 6.92 Å². The Morgan fingerprint density at radius 3 is 2.91 bits per heavy atom. The van der Waals surface area contributed by atoms with Crippen LogP contribution >= 0.6 is 0 Å². The molecule has 1 amide bonds. The number of nitrogens with one attached hydrogen (secondary N) is 2. The van der Waals surface area contributed by atoms with E-state index in [-0.39, 0.29) is 18.0 Å². The molecule has 2 aromatic rings. The first-order chi connectivity index (χ1) is 11.1. The second kappa shape index (κ2) is 6.66. The Morgan fingerprint density at radius 1 is 1.48 bits per heavy atom. The van der Waals surface area contributed by atoms with Crippen LogP contribution in [0.1, 0.15) is 55.2 Å². The summed E-state index contributed by atoms with van der Waals surface area (Å²) in [7, 11) is 0. The van der Waals surface area contributed by atoms with Crippen LogP contribution in [0.2, 0.25) is 0 Å². The highest BCUT2D eigenvalue weighted by atomic mass is 16.1. The summed E-state index contributed by atoms with van der Waals surface area (Å²) >= 11 is 0. The van der Waals surface area contributed by atoms with Crippen molar-refractivity contribution in [2.45, 2.75) is 52.1 Å². The number of fused-ring (bicyclic) bond motifs is 1. The summed E-state index contributed by atoms with van der Waals surface area (Å²) in [6, 6.07) is 2.38. The van der Waals surface area contributed by atoms with Gasteiger partial charge in [0, 0.05) is 11.7 Å². The van der Waals surface area contributed by atoms with Crippen molar-refractivity contribution in [2.75, 3.05) is 13.1 Å². The molecule has 1 atom stereocenters. The van der Waals surface area contributed by atoms with Gasteiger partial charge >= 0.3 is 0 Å². The monoisotopic (exact) mass is 315 g/mol. The molecule has 2 N–H and O–H groups in total. The Morgan fingerprint density at radius 2 is 2.22 bits per heavy atom. The third kappa shape index (κ3) is 3.22. The van der Waals surface area contributed by atoms with Gasteiger partial charge in [-0.3, -0.25) is 4.79 Å². The van der Waals surface area contributed by atoms with E-state index in [1.54, 1.807) is 6.20 Å². The van der Waals surface area contributed by atoms with Crippen molar-refractivity contribution in [3.63, 3.8) is 0 Å². The van der Waals surface area contributed by atoms with Crippen molar-refractivity contribution >= 4 is 16.9 Å². The zero-order valence-electron chi connectivity index (χ0n) is 14.1.